The normalized spacial score (nSPS) is 15.3. The summed E-state index contributed by atoms with van der Waals surface area (Å²) in [5, 5.41) is 53.7. The average molecular weight is 1330 g/mol. The molecule has 0 radical (unpaired) electrons. The number of carboxylic acids is 1. The summed E-state index contributed by atoms with van der Waals surface area (Å²) in [5.41, 5.74) is 31.1. The van der Waals surface area contributed by atoms with Gasteiger partial charge in [-0.15, -0.1) is 0 Å². The van der Waals surface area contributed by atoms with E-state index in [0.717, 1.165) is 10.9 Å². The number of ketones is 6. The number of likely N-dealkylation sites (N-methyl/N-ethyl adjacent to an activating group) is 1. The van der Waals surface area contributed by atoms with Crippen LogP contribution in [0.3, 0.4) is 0 Å². The van der Waals surface area contributed by atoms with Crippen molar-refractivity contribution in [3.05, 3.63) is 72.1 Å². The van der Waals surface area contributed by atoms with Crippen LogP contribution in [0, 0.1) is 41.4 Å². The van der Waals surface area contributed by atoms with Gasteiger partial charge < -0.3 is 80.3 Å². The third-order valence-corrected chi connectivity index (χ3v) is 18.0. The first-order valence-electron chi connectivity index (χ1n) is 33.0. The van der Waals surface area contributed by atoms with Gasteiger partial charge in [-0.2, -0.15) is 0 Å². The maximum atomic E-state index is 14.7. The Hall–Kier alpha value is -8.08. The minimum Gasteiger partial charge on any atom is -0.481 e. The topological polar surface area (TPSA) is 491 Å². The molecule has 4 aromatic rings. The number of aliphatic carboxylic acids is 1. The number of fused-ring (bicyclic) bond motifs is 2. The van der Waals surface area contributed by atoms with Crippen LogP contribution in [0.15, 0.2) is 65.9 Å². The number of primary amides is 1. The minimum atomic E-state index is -1.64. The number of aliphatic hydroxyl groups is 3. The van der Waals surface area contributed by atoms with Crippen molar-refractivity contribution in [1.29, 1.82) is 0 Å². The molecular weight excluding hydrogens is 1220 g/mol. The number of amides is 4. The number of hydrogen-bond acceptors (Lipinski definition) is 18. The van der Waals surface area contributed by atoms with Crippen LogP contribution in [0.5, 0.6) is 0 Å². The summed E-state index contributed by atoms with van der Waals surface area (Å²) in [5.74, 6) is -15.1. The molecule has 4 rings (SSSR count). The highest BCUT2D eigenvalue weighted by Gasteiger charge is 2.38. The zero-order valence-corrected chi connectivity index (χ0v) is 55.3. The summed E-state index contributed by atoms with van der Waals surface area (Å²) in [6.45, 7) is 3.67. The van der Waals surface area contributed by atoms with Crippen LogP contribution in [0.1, 0.15) is 141 Å². The van der Waals surface area contributed by atoms with Gasteiger partial charge in [0.15, 0.2) is 29.1 Å². The molecule has 524 valence electrons. The fourth-order valence-electron chi connectivity index (χ4n) is 12.0. The fourth-order valence-corrected chi connectivity index (χ4v) is 12.0. The van der Waals surface area contributed by atoms with Crippen molar-refractivity contribution in [3.8, 4) is 0 Å². The molecule has 27 heteroatoms. The average Bonchev–Trinajstić information content (AvgIpc) is 1.75. The number of benzene rings is 2. The van der Waals surface area contributed by atoms with E-state index >= 15 is 0 Å². The monoisotopic (exact) mass is 1330 g/mol. The van der Waals surface area contributed by atoms with Gasteiger partial charge in [-0.05, 0) is 120 Å². The number of aromatic nitrogens is 2. The molecule has 0 aliphatic rings. The van der Waals surface area contributed by atoms with E-state index in [9.17, 15) is 73.2 Å². The van der Waals surface area contributed by atoms with E-state index < -0.39 is 170 Å². The Labute approximate surface area is 554 Å². The predicted octanol–water partition coefficient (Wildman–Crippen LogP) is 2.00. The van der Waals surface area contributed by atoms with E-state index in [1.54, 1.807) is 43.6 Å². The number of carbonyl (C=O) groups is 11. The molecule has 0 bridgehead atoms. The number of aliphatic hydroxyl groups excluding tert-OH is 3. The summed E-state index contributed by atoms with van der Waals surface area (Å²) in [6, 6.07) is 9.22. The van der Waals surface area contributed by atoms with Gasteiger partial charge in [0.1, 0.15) is 23.7 Å². The number of unbranched alkanes of at least 4 members (excludes halogenated alkanes) is 2. The van der Waals surface area contributed by atoms with Crippen LogP contribution in [0.4, 0.5) is 0 Å². The zero-order valence-electron chi connectivity index (χ0n) is 55.3. The highest BCUT2D eigenvalue weighted by molar-refractivity contribution is 5.99. The van der Waals surface area contributed by atoms with Crippen molar-refractivity contribution >= 4 is 92.1 Å². The van der Waals surface area contributed by atoms with Gasteiger partial charge in [0, 0.05) is 115 Å². The Kier molecular flexibility index (Phi) is 34.3. The van der Waals surface area contributed by atoms with Crippen molar-refractivity contribution in [2.24, 2.45) is 75.1 Å². The van der Waals surface area contributed by atoms with Crippen LogP contribution in [0.25, 0.3) is 21.8 Å². The number of guanidine groups is 1. The number of nitrogens with one attached hydrogen (secondary N) is 6. The Morgan fingerprint density at radius 3 is 1.48 bits per heavy atom. The molecule has 0 aliphatic carbocycles. The van der Waals surface area contributed by atoms with Gasteiger partial charge >= 0.3 is 5.97 Å². The summed E-state index contributed by atoms with van der Waals surface area (Å²) in [4.78, 5) is 163. The first-order valence-corrected chi connectivity index (χ1v) is 33.0. The number of H-pyrrole nitrogens is 2. The second-order valence-electron chi connectivity index (χ2n) is 25.0. The predicted molar refractivity (Wildman–Crippen MR) is 358 cm³/mol. The maximum absolute atomic E-state index is 14.7. The maximum Gasteiger partial charge on any atom is 0.303 e. The Morgan fingerprint density at radius 2 is 0.979 bits per heavy atom. The number of carbonyl (C=O) groups excluding carboxylic acids is 10. The summed E-state index contributed by atoms with van der Waals surface area (Å²) in [7, 11) is 1.52. The molecule has 0 saturated carbocycles. The smallest absolute Gasteiger partial charge is 0.303 e. The lowest BCUT2D eigenvalue weighted by atomic mass is 9.80. The molecule has 95 heavy (non-hydrogen) atoms. The number of aromatic amines is 2. The molecule has 0 unspecified atom stereocenters. The SMILES string of the molecule is CC[C@H](C)[C@H](CC(=O)[C@H](CCC(=O)O)NC)C(=O)N[C@@H](CCCCN)C(=O)C[C@@H](CCCCN)C(=O)N[C@@H](CO)C(=O)C[C@@H](Cc1c[nH]c2ccccc12)C(=O)N[C@@H](CO)C(=O)C[C@@H](CCCN=C(N)N)C(=O)C[C@@H](Cc1c[nH]c2ccccc12)C(=O)C[C@H](C(N)=O)[C@@H](C)O. The molecule has 2 aromatic heterocycles. The lowest BCUT2D eigenvalue weighted by molar-refractivity contribution is -0.138. The molecule has 0 fully saturated rings. The van der Waals surface area contributed by atoms with Crippen LogP contribution < -0.4 is 49.9 Å². The zero-order chi connectivity index (χ0) is 70.3. The van der Waals surface area contributed by atoms with E-state index in [0.29, 0.717) is 54.1 Å². The van der Waals surface area contributed by atoms with Crippen LogP contribution in [-0.2, 0) is 65.6 Å². The standard InChI is InChI=1S/C68H102N12O15/c1-5-39(2)49(33-62(89)53(74-4)22-23-63(90)91)67(95)78-54(21-11-13-25-70)59(86)30-42(15-10-12-24-69)65(93)79-56(38-82)61(88)32-44(28-46-36-77-52-20-9-7-18-48(46)52)66(94)80-55(37-81)60(87)29-41(16-14-26-75-68(72)73)57(84)31-43(58(85)34-50(40(3)83)64(71)92)27-45-35-76-51-19-8-6-17-47(45)51/h6-9,17-20,35-36,39-44,49-50,53-56,74,76-77,81-83H,5,10-16,21-34,37-38,69-70H2,1-4H3,(H2,71,92)(H,78,95)(H,79,93)(H,80,94)(H,90,91)(H4,72,73,75)/t39-,40+,41+,42+,43+,44+,49-,50-,53-,54-,55-,56-/m0/s1. The first-order chi connectivity index (χ1) is 45.3. The molecule has 27 nitrogen and oxygen atoms in total. The number of nitrogens with zero attached hydrogens (tertiary/aromatic N) is 1. The van der Waals surface area contributed by atoms with Crippen molar-refractivity contribution < 1.29 is 73.2 Å². The number of carboxylic acid groups (broad SMARTS) is 1. The molecule has 0 aliphatic heterocycles. The summed E-state index contributed by atoms with van der Waals surface area (Å²) < 4.78 is 0. The number of hydrogen-bond donors (Lipinski definition) is 15. The summed E-state index contributed by atoms with van der Waals surface area (Å²) in [6.07, 6.45) is 1.63. The van der Waals surface area contributed by atoms with Gasteiger partial charge in [-0.1, -0.05) is 63.1 Å². The van der Waals surface area contributed by atoms with Gasteiger partial charge in [0.25, 0.3) is 0 Å². The summed E-state index contributed by atoms with van der Waals surface area (Å²) >= 11 is 0. The van der Waals surface area contributed by atoms with E-state index in [1.807, 2.05) is 31.2 Å². The number of rotatable bonds is 50. The Morgan fingerprint density at radius 1 is 0.526 bits per heavy atom. The van der Waals surface area contributed by atoms with Crippen molar-refractivity contribution in [3.63, 3.8) is 0 Å². The van der Waals surface area contributed by atoms with Crippen LogP contribution in [0.2, 0.25) is 0 Å². The van der Waals surface area contributed by atoms with Crippen molar-refractivity contribution in [2.45, 2.75) is 173 Å². The van der Waals surface area contributed by atoms with E-state index in [-0.39, 0.29) is 95.1 Å². The molecular formula is C68H102N12O15. The molecule has 20 N–H and O–H groups in total. The lowest BCUT2D eigenvalue weighted by Gasteiger charge is -2.27. The van der Waals surface area contributed by atoms with Gasteiger partial charge in [0.2, 0.25) is 23.6 Å². The molecule has 0 spiro atoms. The van der Waals surface area contributed by atoms with E-state index in [4.69, 9.17) is 28.7 Å². The highest BCUT2D eigenvalue weighted by Crippen LogP contribution is 2.30. The largest absolute Gasteiger partial charge is 0.481 e. The first kappa shape index (κ1) is 79.4. The van der Waals surface area contributed by atoms with E-state index in [1.165, 1.54) is 14.0 Å². The van der Waals surface area contributed by atoms with Crippen molar-refractivity contribution in [1.82, 2.24) is 31.2 Å². The number of nitrogens with two attached hydrogens (primary N) is 5. The quantitative estimate of drug-likeness (QED) is 0.0171. The van der Waals surface area contributed by atoms with Gasteiger partial charge in [-0.3, -0.25) is 57.7 Å². The second kappa shape index (κ2) is 41.0. The fraction of sp³-hybridized carbons (Fsp3) is 0.588. The molecule has 12 atom stereocenters. The Bertz CT molecular complexity index is 3230. The third kappa shape index (κ3) is 25.5. The van der Waals surface area contributed by atoms with Gasteiger partial charge in [0.05, 0.1) is 37.3 Å². The number of aliphatic imine (C=N–C) groups is 1. The van der Waals surface area contributed by atoms with Crippen molar-refractivity contribution in [2.75, 3.05) is 39.9 Å². The third-order valence-electron chi connectivity index (χ3n) is 18.0. The van der Waals surface area contributed by atoms with E-state index in [2.05, 4.69) is 36.2 Å². The highest BCUT2D eigenvalue weighted by atomic mass is 16.4. The molecule has 0 saturated heterocycles. The van der Waals surface area contributed by atoms with Crippen LogP contribution >= 0.6 is 0 Å². The number of Topliss-reactive ketones (excluding diaryl/α,β-unsaturated/α-hetero) is 6. The van der Waals surface area contributed by atoms with Gasteiger partial charge in [-0.25, -0.2) is 0 Å². The Balaban J connectivity index is 1.62. The molecule has 2 aromatic carbocycles. The van der Waals surface area contributed by atoms with Crippen LogP contribution in [-0.4, -0.2) is 171 Å². The molecule has 4 amide bonds. The molecule has 2 heterocycles. The second-order valence-corrected chi connectivity index (χ2v) is 25.0. The minimum absolute atomic E-state index is 0.00412. The lowest BCUT2D eigenvalue weighted by Crippen LogP contribution is -2.50. The number of para-hydroxylation sites is 2.